The summed E-state index contributed by atoms with van der Waals surface area (Å²) in [5.74, 6) is -1.50. The van der Waals surface area contributed by atoms with Crippen LogP contribution in [0.1, 0.15) is 55.1 Å². The first-order valence-corrected chi connectivity index (χ1v) is 9.97. The lowest BCUT2D eigenvalue weighted by molar-refractivity contribution is 0.0695. The number of nitrogens with zero attached hydrogens (tertiary/aromatic N) is 2. The second-order valence-corrected chi connectivity index (χ2v) is 8.13. The van der Waals surface area contributed by atoms with E-state index in [1.165, 1.54) is 12.3 Å². The van der Waals surface area contributed by atoms with E-state index >= 15 is 4.39 Å². The number of piperidine rings is 1. The molecule has 1 aromatic heterocycles. The molecule has 2 atom stereocenters. The first kappa shape index (κ1) is 18.9. The van der Waals surface area contributed by atoms with Gasteiger partial charge in [-0.3, -0.25) is 4.79 Å². The number of aryl methyl sites for hydroxylation is 1. The Hall–Kier alpha value is -2.41. The number of benzene rings is 1. The van der Waals surface area contributed by atoms with E-state index < -0.39 is 17.2 Å². The number of pyridine rings is 1. The summed E-state index contributed by atoms with van der Waals surface area (Å²) < 4.78 is 17.2. The van der Waals surface area contributed by atoms with Crippen LogP contribution in [0.4, 0.5) is 10.1 Å². The summed E-state index contributed by atoms with van der Waals surface area (Å²) in [4.78, 5) is 26.4. The van der Waals surface area contributed by atoms with Crippen molar-refractivity contribution in [1.82, 2.24) is 4.57 Å². The van der Waals surface area contributed by atoms with Crippen LogP contribution in [-0.4, -0.2) is 34.8 Å². The molecule has 0 spiro atoms. The second-order valence-electron chi connectivity index (χ2n) is 8.13. The van der Waals surface area contributed by atoms with Gasteiger partial charge >= 0.3 is 5.97 Å². The number of nitrogens with two attached hydrogens (primary N) is 1. The van der Waals surface area contributed by atoms with Crippen LogP contribution in [0.25, 0.3) is 10.9 Å². The number of hydrogen-bond acceptors (Lipinski definition) is 4. The number of anilines is 1. The first-order chi connectivity index (χ1) is 13.3. The number of carbonyl (C=O) groups is 1. The minimum atomic E-state index is -1.28. The average Bonchev–Trinajstić information content (AvgIpc) is 3.48. The molecule has 0 unspecified atom stereocenters. The molecule has 2 heterocycles. The fourth-order valence-electron chi connectivity index (χ4n) is 4.39. The molecule has 2 aromatic rings. The molecule has 0 bridgehead atoms. The number of carboxylic acids is 1. The van der Waals surface area contributed by atoms with Gasteiger partial charge in [-0.15, -0.1) is 0 Å². The Bertz CT molecular complexity index is 1010. The van der Waals surface area contributed by atoms with Crippen molar-refractivity contribution >= 4 is 22.6 Å². The van der Waals surface area contributed by atoms with Crippen molar-refractivity contribution in [3.63, 3.8) is 0 Å². The monoisotopic (exact) mass is 387 g/mol. The third kappa shape index (κ3) is 2.98. The molecule has 6 nitrogen and oxygen atoms in total. The largest absolute Gasteiger partial charge is 0.477 e. The third-order valence-corrected chi connectivity index (χ3v) is 6.15. The zero-order valence-corrected chi connectivity index (χ0v) is 16.2. The van der Waals surface area contributed by atoms with Crippen LogP contribution in [0.15, 0.2) is 17.1 Å². The quantitative estimate of drug-likeness (QED) is 0.842. The third-order valence-electron chi connectivity index (χ3n) is 6.15. The highest BCUT2D eigenvalue weighted by atomic mass is 19.1. The van der Waals surface area contributed by atoms with Crippen LogP contribution in [-0.2, 0) is 6.42 Å². The molecule has 150 valence electrons. The van der Waals surface area contributed by atoms with Crippen molar-refractivity contribution in [2.24, 2.45) is 11.7 Å². The molecule has 2 fully saturated rings. The summed E-state index contributed by atoms with van der Waals surface area (Å²) in [5.41, 5.74) is 7.21. The Morgan fingerprint density at radius 1 is 1.36 bits per heavy atom. The van der Waals surface area contributed by atoms with E-state index in [0.29, 0.717) is 30.7 Å². The zero-order valence-electron chi connectivity index (χ0n) is 16.2. The van der Waals surface area contributed by atoms with Gasteiger partial charge < -0.3 is 20.3 Å². The Balaban J connectivity index is 1.99. The first-order valence-electron chi connectivity index (χ1n) is 9.97. The topological polar surface area (TPSA) is 88.6 Å². The van der Waals surface area contributed by atoms with Gasteiger partial charge in [0.25, 0.3) is 0 Å². The molecule has 2 aliphatic rings. The lowest BCUT2D eigenvalue weighted by atomic mass is 9.93. The van der Waals surface area contributed by atoms with Crippen molar-refractivity contribution in [3.8, 4) is 0 Å². The Kier molecular flexibility index (Phi) is 4.65. The Labute approximate surface area is 162 Å². The second kappa shape index (κ2) is 6.88. The van der Waals surface area contributed by atoms with Crippen LogP contribution in [0.3, 0.4) is 0 Å². The van der Waals surface area contributed by atoms with Crippen molar-refractivity contribution in [3.05, 3.63) is 39.4 Å². The van der Waals surface area contributed by atoms with Crippen LogP contribution >= 0.6 is 0 Å². The van der Waals surface area contributed by atoms with Gasteiger partial charge in [-0.2, -0.15) is 0 Å². The zero-order chi connectivity index (χ0) is 20.2. The van der Waals surface area contributed by atoms with Gasteiger partial charge in [0.15, 0.2) is 0 Å². The van der Waals surface area contributed by atoms with E-state index in [-0.39, 0.29) is 29.0 Å². The van der Waals surface area contributed by atoms with Crippen LogP contribution in [0.2, 0.25) is 0 Å². The molecule has 1 aliphatic carbocycles. The van der Waals surface area contributed by atoms with Gasteiger partial charge in [0.2, 0.25) is 5.43 Å². The van der Waals surface area contributed by atoms with E-state index in [4.69, 9.17) is 5.73 Å². The predicted molar refractivity (Wildman–Crippen MR) is 107 cm³/mol. The smallest absolute Gasteiger partial charge is 0.341 e. The summed E-state index contributed by atoms with van der Waals surface area (Å²) in [6.45, 7) is 5.35. The summed E-state index contributed by atoms with van der Waals surface area (Å²) in [6, 6.07) is 1.50. The number of rotatable bonds is 4. The number of hydrogen-bond donors (Lipinski definition) is 2. The Morgan fingerprint density at radius 3 is 2.64 bits per heavy atom. The molecule has 0 radical (unpaired) electrons. The fourth-order valence-corrected chi connectivity index (χ4v) is 4.39. The molecule has 28 heavy (non-hydrogen) atoms. The Morgan fingerprint density at radius 2 is 2.07 bits per heavy atom. The van der Waals surface area contributed by atoms with Crippen LogP contribution in [0, 0.1) is 11.7 Å². The standard InChI is InChI=1S/C21H26FN3O3/c1-3-13-18-14(20(26)15(21(27)28)10-25(18)12-4-5-12)8-16(22)19(13)24-7-6-17(23)11(2)9-24/h8,10-12,17H,3-7,9,23H2,1-2H3,(H,27,28)/t11-,17+/m1/s1. The highest BCUT2D eigenvalue weighted by Crippen LogP contribution is 2.41. The van der Waals surface area contributed by atoms with E-state index in [1.807, 2.05) is 16.4 Å². The normalized spacial score (nSPS) is 22.6. The summed E-state index contributed by atoms with van der Waals surface area (Å²) in [5, 5.41) is 9.59. The van der Waals surface area contributed by atoms with Crippen molar-refractivity contribution in [2.45, 2.75) is 51.6 Å². The lowest BCUT2D eigenvalue weighted by Crippen LogP contribution is -2.46. The number of aromatic carboxylic acids is 1. The number of carboxylic acid groups (broad SMARTS) is 1. The highest BCUT2D eigenvalue weighted by molar-refractivity contribution is 5.95. The summed E-state index contributed by atoms with van der Waals surface area (Å²) >= 11 is 0. The molecule has 0 amide bonds. The van der Waals surface area contributed by atoms with E-state index in [0.717, 1.165) is 24.8 Å². The maximum atomic E-state index is 15.3. The molecule has 1 aromatic carbocycles. The number of halogens is 1. The van der Waals surface area contributed by atoms with Gasteiger partial charge in [0, 0.05) is 42.3 Å². The van der Waals surface area contributed by atoms with E-state index in [2.05, 4.69) is 6.92 Å². The fraction of sp³-hybridized carbons (Fsp3) is 0.524. The molecule has 1 aliphatic heterocycles. The van der Waals surface area contributed by atoms with E-state index in [1.54, 1.807) is 0 Å². The van der Waals surface area contributed by atoms with E-state index in [9.17, 15) is 14.7 Å². The maximum Gasteiger partial charge on any atom is 0.341 e. The van der Waals surface area contributed by atoms with Gasteiger partial charge in [0.05, 0.1) is 11.2 Å². The van der Waals surface area contributed by atoms with Gasteiger partial charge in [0.1, 0.15) is 11.4 Å². The molecule has 3 N–H and O–H groups in total. The van der Waals surface area contributed by atoms with Gasteiger partial charge in [-0.1, -0.05) is 13.8 Å². The molecule has 1 saturated heterocycles. The van der Waals surface area contributed by atoms with Crippen LogP contribution in [0.5, 0.6) is 0 Å². The predicted octanol–water partition coefficient (Wildman–Crippen LogP) is 2.91. The van der Waals surface area contributed by atoms with Crippen LogP contribution < -0.4 is 16.1 Å². The minimum absolute atomic E-state index is 0.104. The number of aromatic nitrogens is 1. The molecule has 4 rings (SSSR count). The maximum absolute atomic E-state index is 15.3. The molecule has 1 saturated carbocycles. The molecular weight excluding hydrogens is 361 g/mol. The van der Waals surface area contributed by atoms with Crippen molar-refractivity contribution < 1.29 is 14.3 Å². The average molecular weight is 387 g/mol. The SMILES string of the molecule is CCc1c(N2CC[C@H](N)[C@H](C)C2)c(F)cc2c(=O)c(C(=O)O)cn(C3CC3)c12. The lowest BCUT2D eigenvalue weighted by Gasteiger charge is -2.38. The number of fused-ring (bicyclic) bond motifs is 1. The van der Waals surface area contributed by atoms with Gasteiger partial charge in [-0.05, 0) is 37.7 Å². The van der Waals surface area contributed by atoms with Crippen molar-refractivity contribution in [1.29, 1.82) is 0 Å². The van der Waals surface area contributed by atoms with Crippen molar-refractivity contribution in [2.75, 3.05) is 18.0 Å². The minimum Gasteiger partial charge on any atom is -0.477 e. The molecule has 7 heteroatoms. The summed E-state index contributed by atoms with van der Waals surface area (Å²) in [6.07, 6.45) is 4.65. The summed E-state index contributed by atoms with van der Waals surface area (Å²) in [7, 11) is 0. The highest BCUT2D eigenvalue weighted by Gasteiger charge is 2.32. The van der Waals surface area contributed by atoms with Gasteiger partial charge in [-0.25, -0.2) is 9.18 Å². The molecular formula is C21H26FN3O3.